The molecule has 3 rings (SSSR count). The summed E-state index contributed by atoms with van der Waals surface area (Å²) in [5.74, 6) is 0. The lowest BCUT2D eigenvalue weighted by atomic mass is 9.80. The summed E-state index contributed by atoms with van der Waals surface area (Å²) in [5, 5.41) is 13.9. The molecule has 1 fully saturated rings. The number of fused-ring (bicyclic) bond motifs is 1. The molecule has 0 bridgehead atoms. The Morgan fingerprint density at radius 1 is 1.36 bits per heavy atom. The summed E-state index contributed by atoms with van der Waals surface area (Å²) < 4.78 is 5.67. The lowest BCUT2D eigenvalue weighted by Crippen LogP contribution is -2.45. The van der Waals surface area contributed by atoms with Crippen molar-refractivity contribution in [2.24, 2.45) is 0 Å². The van der Waals surface area contributed by atoms with Crippen LogP contribution in [-0.4, -0.2) is 24.2 Å². The quantitative estimate of drug-likeness (QED) is 0.934. The van der Waals surface area contributed by atoms with Gasteiger partial charge in [-0.05, 0) is 44.7 Å². The molecule has 1 aliphatic carbocycles. The van der Waals surface area contributed by atoms with E-state index in [1.807, 2.05) is 0 Å². The molecule has 0 amide bonds. The van der Waals surface area contributed by atoms with Crippen LogP contribution in [0.5, 0.6) is 0 Å². The van der Waals surface area contributed by atoms with Gasteiger partial charge >= 0.3 is 0 Å². The number of pyridine rings is 1. The van der Waals surface area contributed by atoms with E-state index < -0.39 is 0 Å². The van der Waals surface area contributed by atoms with Crippen LogP contribution in [0.25, 0.3) is 10.9 Å². The van der Waals surface area contributed by atoms with Crippen LogP contribution in [0.2, 0.25) is 0 Å². The van der Waals surface area contributed by atoms with Crippen LogP contribution in [0.3, 0.4) is 0 Å². The summed E-state index contributed by atoms with van der Waals surface area (Å²) >= 11 is 0. The van der Waals surface area contributed by atoms with E-state index in [4.69, 9.17) is 4.74 Å². The minimum absolute atomic E-state index is 0.0822. The van der Waals surface area contributed by atoms with Crippen molar-refractivity contribution in [1.82, 2.24) is 4.98 Å². The maximum absolute atomic E-state index is 9.41. The zero-order chi connectivity index (χ0) is 15.7. The van der Waals surface area contributed by atoms with Gasteiger partial charge in [-0.2, -0.15) is 5.26 Å². The van der Waals surface area contributed by atoms with Crippen LogP contribution in [0.4, 0.5) is 5.69 Å². The zero-order valence-corrected chi connectivity index (χ0v) is 13.4. The Morgan fingerprint density at radius 2 is 2.14 bits per heavy atom. The molecule has 4 nitrogen and oxygen atoms in total. The van der Waals surface area contributed by atoms with Crippen molar-refractivity contribution in [1.29, 1.82) is 5.26 Å². The van der Waals surface area contributed by atoms with Crippen molar-refractivity contribution in [3.05, 3.63) is 35.0 Å². The Hall–Kier alpha value is -2.12. The number of nitrogens with one attached hydrogen (secondary N) is 1. The number of nitrogens with zero attached hydrogens (tertiary/aromatic N) is 2. The highest BCUT2D eigenvalue weighted by Crippen LogP contribution is 2.36. The number of nitriles is 1. The average molecular weight is 295 g/mol. The second-order valence-electron chi connectivity index (χ2n) is 6.23. The molecule has 0 saturated heterocycles. The highest BCUT2D eigenvalue weighted by atomic mass is 16.5. The highest BCUT2D eigenvalue weighted by Gasteiger charge is 2.37. The Balaban J connectivity index is 2.04. The fourth-order valence-electron chi connectivity index (χ4n) is 3.21. The van der Waals surface area contributed by atoms with E-state index in [0.717, 1.165) is 41.5 Å². The Kier molecular flexibility index (Phi) is 3.76. The van der Waals surface area contributed by atoms with Gasteiger partial charge < -0.3 is 10.1 Å². The first-order chi connectivity index (χ1) is 10.6. The third-order valence-electron chi connectivity index (χ3n) is 4.71. The summed E-state index contributed by atoms with van der Waals surface area (Å²) in [6.07, 6.45) is 5.00. The highest BCUT2D eigenvalue weighted by molar-refractivity contribution is 5.96. The smallest absolute Gasteiger partial charge is 0.103 e. The van der Waals surface area contributed by atoms with Gasteiger partial charge in [0.25, 0.3) is 0 Å². The predicted octanol–water partition coefficient (Wildman–Crippen LogP) is 3.70. The molecule has 0 unspecified atom stereocenters. The van der Waals surface area contributed by atoms with E-state index in [9.17, 15) is 5.26 Å². The zero-order valence-electron chi connectivity index (χ0n) is 13.4. The predicted molar refractivity (Wildman–Crippen MR) is 88.0 cm³/mol. The molecule has 1 saturated carbocycles. The summed E-state index contributed by atoms with van der Waals surface area (Å²) in [4.78, 5) is 4.46. The summed E-state index contributed by atoms with van der Waals surface area (Å²) in [6.45, 7) is 4.85. The normalized spacial score (nSPS) is 16.1. The van der Waals surface area contributed by atoms with Crippen LogP contribution in [0, 0.1) is 25.2 Å². The van der Waals surface area contributed by atoms with Crippen molar-refractivity contribution >= 4 is 16.6 Å². The topological polar surface area (TPSA) is 57.9 Å². The Labute approximate surface area is 131 Å². The molecule has 4 heteroatoms. The van der Waals surface area contributed by atoms with E-state index in [1.165, 1.54) is 12.0 Å². The molecule has 1 N–H and O–H groups in total. The van der Waals surface area contributed by atoms with Gasteiger partial charge in [-0.3, -0.25) is 4.98 Å². The standard InChI is InChI=1S/C18H21N3O/c1-12-7-13(2)16-15(8-12)17(14(9-19)10-20-16)21-11-18(22-3)5-4-6-18/h7-8,10H,4-6,11H2,1-3H3,(H,20,21). The van der Waals surface area contributed by atoms with Crippen molar-refractivity contribution in [3.8, 4) is 6.07 Å². The molecule has 22 heavy (non-hydrogen) atoms. The first-order valence-corrected chi connectivity index (χ1v) is 7.68. The lowest BCUT2D eigenvalue weighted by molar-refractivity contribution is -0.0601. The lowest BCUT2D eigenvalue weighted by Gasteiger charge is -2.40. The van der Waals surface area contributed by atoms with Gasteiger partial charge in [0.05, 0.1) is 22.4 Å². The monoisotopic (exact) mass is 295 g/mol. The van der Waals surface area contributed by atoms with Gasteiger partial charge in [0, 0.05) is 25.2 Å². The van der Waals surface area contributed by atoms with Crippen LogP contribution >= 0.6 is 0 Å². The second-order valence-corrected chi connectivity index (χ2v) is 6.23. The minimum atomic E-state index is -0.0822. The number of aryl methyl sites for hydroxylation is 2. The Morgan fingerprint density at radius 3 is 2.73 bits per heavy atom. The van der Waals surface area contributed by atoms with Gasteiger partial charge in [-0.15, -0.1) is 0 Å². The largest absolute Gasteiger partial charge is 0.380 e. The number of anilines is 1. The molecule has 114 valence electrons. The maximum Gasteiger partial charge on any atom is 0.103 e. The molecule has 2 aromatic rings. The van der Waals surface area contributed by atoms with Crippen molar-refractivity contribution < 1.29 is 4.74 Å². The van der Waals surface area contributed by atoms with Crippen LogP contribution in [0.15, 0.2) is 18.3 Å². The number of methoxy groups -OCH3 is 1. The number of aromatic nitrogens is 1. The van der Waals surface area contributed by atoms with Gasteiger partial charge in [0.15, 0.2) is 0 Å². The fraction of sp³-hybridized carbons (Fsp3) is 0.444. The van der Waals surface area contributed by atoms with Crippen molar-refractivity contribution in [2.45, 2.75) is 38.7 Å². The summed E-state index contributed by atoms with van der Waals surface area (Å²) in [5.41, 5.74) is 4.64. The van der Waals surface area contributed by atoms with E-state index in [2.05, 4.69) is 42.4 Å². The van der Waals surface area contributed by atoms with E-state index in [-0.39, 0.29) is 5.60 Å². The molecule has 1 heterocycles. The van der Waals surface area contributed by atoms with E-state index >= 15 is 0 Å². The SMILES string of the molecule is COC1(CNc2c(C#N)cnc3c(C)cc(C)cc23)CCC1. The third-order valence-corrected chi connectivity index (χ3v) is 4.71. The molecular formula is C18H21N3O. The second kappa shape index (κ2) is 5.58. The summed E-state index contributed by atoms with van der Waals surface area (Å²) in [6, 6.07) is 6.47. The number of rotatable bonds is 4. The molecule has 0 aliphatic heterocycles. The molecule has 1 aromatic carbocycles. The first-order valence-electron chi connectivity index (χ1n) is 7.68. The summed E-state index contributed by atoms with van der Waals surface area (Å²) in [7, 11) is 1.77. The first kappa shape index (κ1) is 14.8. The molecule has 1 aromatic heterocycles. The van der Waals surface area contributed by atoms with Gasteiger partial charge in [-0.25, -0.2) is 0 Å². The fourth-order valence-corrected chi connectivity index (χ4v) is 3.21. The maximum atomic E-state index is 9.41. The average Bonchev–Trinajstić information content (AvgIpc) is 2.46. The number of benzene rings is 1. The van der Waals surface area contributed by atoms with Crippen LogP contribution in [-0.2, 0) is 4.74 Å². The van der Waals surface area contributed by atoms with Crippen LogP contribution in [0.1, 0.15) is 36.0 Å². The number of ether oxygens (including phenoxy) is 1. The van der Waals surface area contributed by atoms with Crippen LogP contribution < -0.4 is 5.32 Å². The van der Waals surface area contributed by atoms with E-state index in [1.54, 1.807) is 13.3 Å². The third kappa shape index (κ3) is 2.42. The minimum Gasteiger partial charge on any atom is -0.380 e. The van der Waals surface area contributed by atoms with Gasteiger partial charge in [0.1, 0.15) is 6.07 Å². The van der Waals surface area contributed by atoms with Gasteiger partial charge in [0.2, 0.25) is 0 Å². The van der Waals surface area contributed by atoms with Crippen molar-refractivity contribution in [3.63, 3.8) is 0 Å². The molecule has 0 atom stereocenters. The molecule has 0 radical (unpaired) electrons. The van der Waals surface area contributed by atoms with Gasteiger partial charge in [-0.1, -0.05) is 11.6 Å². The van der Waals surface area contributed by atoms with Crippen molar-refractivity contribution in [2.75, 3.05) is 19.0 Å². The molecular weight excluding hydrogens is 274 g/mol. The number of hydrogen-bond acceptors (Lipinski definition) is 4. The number of hydrogen-bond donors (Lipinski definition) is 1. The van der Waals surface area contributed by atoms with E-state index in [0.29, 0.717) is 5.56 Å². The molecule has 1 aliphatic rings. The Bertz CT molecular complexity index is 751. The molecule has 0 spiro atoms.